The van der Waals surface area contributed by atoms with Crippen molar-refractivity contribution < 1.29 is 0 Å². The molecule has 0 unspecified atom stereocenters. The smallest absolute Gasteiger partial charge is 0.0602 e. The van der Waals surface area contributed by atoms with E-state index in [9.17, 15) is 0 Å². The molecule has 0 amide bonds. The normalized spacial score (nSPS) is 11.7. The Bertz CT molecular complexity index is 2830. The van der Waals surface area contributed by atoms with E-state index in [-0.39, 0.29) is 0 Å². The molecular weight excluding hydrogens is 659 g/mol. The quantitative estimate of drug-likeness (QED) is 0.163. The van der Waals surface area contributed by atoms with Gasteiger partial charge in [-0.15, -0.1) is 0 Å². The minimum Gasteiger partial charge on any atom is -0.0602 e. The number of hydrogen-bond acceptors (Lipinski definition) is 1. The maximum absolute atomic E-state index is 2.40. The Kier molecular flexibility index (Phi) is 6.55. The number of fused-ring (bicyclic) bond motifs is 7. The third kappa shape index (κ3) is 4.70. The second-order valence-electron chi connectivity index (χ2n) is 12.6. The third-order valence-corrected chi connectivity index (χ3v) is 12.2. The standard InChI is InChI=1S/C46H30N2Se/c1-2-12-35(13-3-1)48-43-16-8-6-14-39(43)41-29-34(21-26-44(41)48)32-18-22-36(23-19-32)47(37-24-20-31-10-4-5-11-33(31)28-37)38-25-27-46-42(30-38)40-15-7-9-17-45(40)49-46/h1-30H. The molecule has 0 fully saturated rings. The van der Waals surface area contributed by atoms with Crippen molar-refractivity contribution in [3.05, 3.63) is 182 Å². The van der Waals surface area contributed by atoms with Gasteiger partial charge < -0.3 is 4.57 Å². The Labute approximate surface area is 290 Å². The van der Waals surface area contributed by atoms with Crippen LogP contribution in [-0.2, 0) is 0 Å². The summed E-state index contributed by atoms with van der Waals surface area (Å²) < 4.78 is 5.29. The maximum atomic E-state index is 2.40. The van der Waals surface area contributed by atoms with E-state index in [2.05, 4.69) is 191 Å². The van der Waals surface area contributed by atoms with Crippen LogP contribution in [0.2, 0.25) is 0 Å². The van der Waals surface area contributed by atoms with Crippen molar-refractivity contribution in [3.63, 3.8) is 0 Å². The van der Waals surface area contributed by atoms with Gasteiger partial charge >= 0.3 is 210 Å². The Morgan fingerprint density at radius 3 is 1.88 bits per heavy atom. The molecule has 2 aromatic heterocycles. The first-order chi connectivity index (χ1) is 24.3. The zero-order valence-electron chi connectivity index (χ0n) is 26.6. The molecule has 2 nitrogen and oxygen atoms in total. The molecule has 0 spiro atoms. The molecule has 49 heavy (non-hydrogen) atoms. The number of para-hydroxylation sites is 2. The van der Waals surface area contributed by atoms with E-state index in [1.807, 2.05) is 0 Å². The molecule has 8 aromatic carbocycles. The monoisotopic (exact) mass is 690 g/mol. The molecule has 0 N–H and O–H groups in total. The fraction of sp³-hybridized carbons (Fsp3) is 0. The number of benzene rings is 8. The van der Waals surface area contributed by atoms with E-state index in [1.54, 1.807) is 0 Å². The summed E-state index contributed by atoms with van der Waals surface area (Å²) in [6, 6.07) is 66.7. The first-order valence-corrected chi connectivity index (χ1v) is 18.4. The van der Waals surface area contributed by atoms with Gasteiger partial charge in [-0.2, -0.15) is 0 Å². The second kappa shape index (κ2) is 11.4. The van der Waals surface area contributed by atoms with Gasteiger partial charge in [0.25, 0.3) is 0 Å². The Hall–Kier alpha value is -5.86. The minimum atomic E-state index is 0.342. The molecule has 230 valence electrons. The van der Waals surface area contributed by atoms with E-state index >= 15 is 0 Å². The van der Waals surface area contributed by atoms with Gasteiger partial charge in [0.15, 0.2) is 0 Å². The summed E-state index contributed by atoms with van der Waals surface area (Å²) in [6.07, 6.45) is 0. The summed E-state index contributed by atoms with van der Waals surface area (Å²) in [5, 5.41) is 7.74. The van der Waals surface area contributed by atoms with Gasteiger partial charge in [-0.25, -0.2) is 0 Å². The van der Waals surface area contributed by atoms with Crippen molar-refractivity contribution in [1.82, 2.24) is 4.57 Å². The summed E-state index contributed by atoms with van der Waals surface area (Å²) >= 11 is 0.342. The molecule has 0 bridgehead atoms. The van der Waals surface area contributed by atoms with Crippen molar-refractivity contribution in [3.8, 4) is 16.8 Å². The van der Waals surface area contributed by atoms with Crippen molar-refractivity contribution in [2.45, 2.75) is 0 Å². The van der Waals surface area contributed by atoms with Crippen LogP contribution in [0.25, 0.3) is 68.7 Å². The Morgan fingerprint density at radius 1 is 0.367 bits per heavy atom. The van der Waals surface area contributed by atoms with Crippen LogP contribution in [-0.4, -0.2) is 19.1 Å². The fourth-order valence-electron chi connectivity index (χ4n) is 7.43. The van der Waals surface area contributed by atoms with Crippen LogP contribution >= 0.6 is 0 Å². The van der Waals surface area contributed by atoms with Crippen molar-refractivity contribution >= 4 is 83.4 Å². The number of anilines is 3. The molecule has 0 radical (unpaired) electrons. The fourth-order valence-corrected chi connectivity index (χ4v) is 9.71. The molecular formula is C46H30N2Se. The zero-order chi connectivity index (χ0) is 32.3. The van der Waals surface area contributed by atoms with Gasteiger partial charge in [0.2, 0.25) is 0 Å². The van der Waals surface area contributed by atoms with E-state index in [1.165, 1.54) is 74.4 Å². The van der Waals surface area contributed by atoms with Crippen LogP contribution in [0.3, 0.4) is 0 Å². The van der Waals surface area contributed by atoms with Gasteiger partial charge in [-0.1, -0.05) is 36.4 Å². The topological polar surface area (TPSA) is 8.17 Å². The molecule has 0 saturated heterocycles. The molecule has 3 heteroatoms. The van der Waals surface area contributed by atoms with Crippen molar-refractivity contribution in [1.29, 1.82) is 0 Å². The molecule has 0 saturated carbocycles. The van der Waals surface area contributed by atoms with Crippen LogP contribution in [0.5, 0.6) is 0 Å². The van der Waals surface area contributed by atoms with Gasteiger partial charge in [-0.3, -0.25) is 0 Å². The number of hydrogen-bond donors (Lipinski definition) is 0. The van der Waals surface area contributed by atoms with E-state index in [0.29, 0.717) is 14.5 Å². The predicted molar refractivity (Wildman–Crippen MR) is 210 cm³/mol. The molecule has 2 heterocycles. The average molecular weight is 690 g/mol. The molecule has 0 aliphatic rings. The van der Waals surface area contributed by atoms with Gasteiger partial charge in [-0.05, 0) is 18.2 Å². The summed E-state index contributed by atoms with van der Waals surface area (Å²) in [5.41, 5.74) is 9.49. The van der Waals surface area contributed by atoms with Crippen molar-refractivity contribution in [2.24, 2.45) is 0 Å². The van der Waals surface area contributed by atoms with E-state index in [4.69, 9.17) is 0 Å². The Morgan fingerprint density at radius 2 is 1.00 bits per heavy atom. The zero-order valence-corrected chi connectivity index (χ0v) is 28.3. The molecule has 10 aromatic rings. The van der Waals surface area contributed by atoms with Crippen LogP contribution in [0, 0.1) is 0 Å². The molecule has 0 aliphatic heterocycles. The second-order valence-corrected chi connectivity index (χ2v) is 14.9. The summed E-state index contributed by atoms with van der Waals surface area (Å²) in [6.45, 7) is 0. The summed E-state index contributed by atoms with van der Waals surface area (Å²) in [5.74, 6) is 0. The molecule has 0 atom stereocenters. The minimum absolute atomic E-state index is 0.342. The molecule has 10 rings (SSSR count). The predicted octanol–water partition coefficient (Wildman–Crippen LogP) is 12.4. The van der Waals surface area contributed by atoms with E-state index < -0.39 is 0 Å². The van der Waals surface area contributed by atoms with Gasteiger partial charge in [0, 0.05) is 11.1 Å². The molecule has 0 aliphatic carbocycles. The van der Waals surface area contributed by atoms with Crippen LogP contribution < -0.4 is 4.90 Å². The van der Waals surface area contributed by atoms with Gasteiger partial charge in [0.1, 0.15) is 0 Å². The average Bonchev–Trinajstić information content (AvgIpc) is 3.71. The first kappa shape index (κ1) is 28.2. The van der Waals surface area contributed by atoms with Gasteiger partial charge in [0.05, 0.1) is 11.0 Å². The first-order valence-electron chi connectivity index (χ1n) is 16.7. The van der Waals surface area contributed by atoms with Crippen LogP contribution in [0.4, 0.5) is 17.1 Å². The van der Waals surface area contributed by atoms with Crippen LogP contribution in [0.1, 0.15) is 0 Å². The van der Waals surface area contributed by atoms with E-state index in [0.717, 1.165) is 11.4 Å². The SMILES string of the molecule is c1ccc(-n2c3ccccc3c3cc(-c4ccc(N(c5ccc6ccccc6c5)c5ccc6[se]c7ccccc7c6c5)cc4)ccc32)cc1. The number of rotatable bonds is 5. The van der Waals surface area contributed by atoms with Crippen molar-refractivity contribution in [2.75, 3.05) is 4.90 Å². The Balaban J connectivity index is 1.10. The summed E-state index contributed by atoms with van der Waals surface area (Å²) in [7, 11) is 0. The van der Waals surface area contributed by atoms with Crippen LogP contribution in [0.15, 0.2) is 182 Å². The number of nitrogens with zero attached hydrogens (tertiary/aromatic N) is 2. The third-order valence-electron chi connectivity index (χ3n) is 9.76. The summed E-state index contributed by atoms with van der Waals surface area (Å²) in [4.78, 5) is 2.40. The number of aromatic nitrogens is 1.